The van der Waals surface area contributed by atoms with Crippen LogP contribution in [-0.2, 0) is 30.9 Å². The number of rotatable bonds is 5. The predicted octanol–water partition coefficient (Wildman–Crippen LogP) is 5.76. The van der Waals surface area contributed by atoms with Crippen molar-refractivity contribution in [2.75, 3.05) is 6.54 Å². The van der Waals surface area contributed by atoms with Gasteiger partial charge in [-0.2, -0.15) is 0 Å². The Bertz CT molecular complexity index is 1460. The number of hydrogen-bond donors (Lipinski definition) is 0. The molecule has 0 fully saturated rings. The van der Waals surface area contributed by atoms with E-state index in [1.807, 2.05) is 54.6 Å². The van der Waals surface area contributed by atoms with E-state index in [9.17, 15) is 4.79 Å². The van der Waals surface area contributed by atoms with Crippen molar-refractivity contribution in [2.24, 2.45) is 0 Å². The predicted molar refractivity (Wildman–Crippen MR) is 135 cm³/mol. The summed E-state index contributed by atoms with van der Waals surface area (Å²) >= 11 is 1.56. The topological polar surface area (TPSA) is 55.3 Å². The fraction of sp³-hybridized carbons (Fsp3) is 0.179. The van der Waals surface area contributed by atoms with Crippen molar-refractivity contribution in [3.8, 4) is 0 Å². The van der Waals surface area contributed by atoms with Crippen LogP contribution >= 0.6 is 11.3 Å². The molecule has 0 aliphatic carbocycles. The van der Waals surface area contributed by atoms with Gasteiger partial charge in [0.15, 0.2) is 0 Å². The van der Waals surface area contributed by atoms with Crippen molar-refractivity contribution in [1.29, 1.82) is 0 Å². The van der Waals surface area contributed by atoms with Crippen LogP contribution in [0.1, 0.15) is 32.2 Å². The lowest BCUT2D eigenvalue weighted by molar-refractivity contribution is 0.0471. The number of carbonyl (C=O) groups is 1. The number of aromatic nitrogens is 2. The maximum Gasteiger partial charge on any atom is 0.339 e. The minimum Gasteiger partial charge on any atom is -0.455 e. The number of para-hydroxylation sites is 2. The number of fused-ring (bicyclic) bond motifs is 3. The number of hydrogen-bond acceptors (Lipinski definition) is 6. The molecule has 0 radical (unpaired) electrons. The van der Waals surface area contributed by atoms with E-state index in [-0.39, 0.29) is 12.6 Å². The van der Waals surface area contributed by atoms with Crippen LogP contribution < -0.4 is 0 Å². The maximum absolute atomic E-state index is 13.5. The van der Waals surface area contributed by atoms with E-state index in [1.54, 1.807) is 11.3 Å². The Morgan fingerprint density at radius 1 is 0.912 bits per heavy atom. The van der Waals surface area contributed by atoms with Crippen LogP contribution in [0.2, 0.25) is 0 Å². The van der Waals surface area contributed by atoms with Gasteiger partial charge in [-0.05, 0) is 23.8 Å². The fourth-order valence-corrected chi connectivity index (χ4v) is 5.52. The number of carbonyl (C=O) groups excluding carboxylic acids is 1. The van der Waals surface area contributed by atoms with Crippen LogP contribution in [0.4, 0.5) is 0 Å². The summed E-state index contributed by atoms with van der Waals surface area (Å²) in [6, 6.07) is 26.3. The molecule has 2 aromatic heterocycles. The largest absolute Gasteiger partial charge is 0.455 e. The Hall–Kier alpha value is -3.61. The summed E-state index contributed by atoms with van der Waals surface area (Å²) in [6.07, 6.45) is 0.811. The van der Waals surface area contributed by atoms with Gasteiger partial charge in [-0.1, -0.05) is 60.7 Å². The molecular formula is C28H23N3O2S. The molecule has 0 unspecified atom stereocenters. The highest BCUT2D eigenvalue weighted by Crippen LogP contribution is 2.30. The van der Waals surface area contributed by atoms with E-state index in [0.29, 0.717) is 12.1 Å². The molecule has 1 aliphatic heterocycles. The number of ether oxygens (including phenoxy) is 1. The Morgan fingerprint density at radius 3 is 2.53 bits per heavy atom. The van der Waals surface area contributed by atoms with Crippen molar-refractivity contribution < 1.29 is 9.53 Å². The molecule has 0 saturated carbocycles. The lowest BCUT2D eigenvalue weighted by Gasteiger charge is -2.30. The first-order valence-corrected chi connectivity index (χ1v) is 12.2. The molecule has 5 nitrogen and oxygen atoms in total. The van der Waals surface area contributed by atoms with E-state index in [0.717, 1.165) is 56.9 Å². The fourth-order valence-electron chi connectivity index (χ4n) is 4.64. The van der Waals surface area contributed by atoms with Crippen molar-refractivity contribution in [3.63, 3.8) is 0 Å². The molecule has 0 spiro atoms. The van der Waals surface area contributed by atoms with E-state index in [2.05, 4.69) is 34.1 Å². The summed E-state index contributed by atoms with van der Waals surface area (Å²) < 4.78 is 6.93. The third-order valence-electron chi connectivity index (χ3n) is 6.24. The summed E-state index contributed by atoms with van der Waals surface area (Å²) in [6.45, 7) is 2.59. The highest BCUT2D eigenvalue weighted by Gasteiger charge is 2.27. The van der Waals surface area contributed by atoms with Crippen LogP contribution in [-0.4, -0.2) is 27.4 Å². The molecule has 3 aromatic carbocycles. The van der Waals surface area contributed by atoms with Gasteiger partial charge in [0.05, 0.1) is 21.3 Å². The minimum atomic E-state index is -0.310. The molecule has 0 atom stereocenters. The zero-order chi connectivity index (χ0) is 22.9. The molecule has 5 aromatic rings. The molecule has 0 amide bonds. The first kappa shape index (κ1) is 21.0. The lowest BCUT2D eigenvalue weighted by atomic mass is 9.95. The summed E-state index contributed by atoms with van der Waals surface area (Å²) in [5, 5.41) is 1.64. The molecule has 168 valence electrons. The number of pyridine rings is 1. The van der Waals surface area contributed by atoms with Crippen LogP contribution in [0.25, 0.3) is 21.1 Å². The SMILES string of the molecule is O=C(OCc1nc2ccccc2s1)c1c2c(nc3ccccc13)CCN(Cc1ccccc1)C2. The van der Waals surface area contributed by atoms with E-state index in [4.69, 9.17) is 9.72 Å². The molecule has 0 bridgehead atoms. The Kier molecular flexibility index (Phi) is 5.53. The molecule has 0 saturated heterocycles. The number of nitrogens with zero attached hydrogens (tertiary/aromatic N) is 3. The smallest absolute Gasteiger partial charge is 0.339 e. The molecule has 1 aliphatic rings. The van der Waals surface area contributed by atoms with Crippen LogP contribution in [0.15, 0.2) is 78.9 Å². The minimum absolute atomic E-state index is 0.164. The summed E-state index contributed by atoms with van der Waals surface area (Å²) in [5.41, 5.74) is 5.65. The van der Waals surface area contributed by atoms with Crippen LogP contribution in [0, 0.1) is 0 Å². The number of esters is 1. The average molecular weight is 466 g/mol. The standard InChI is InChI=1S/C28H23N3O2S/c32-28(33-18-26-30-24-12-6-7-13-25(24)34-26)27-20-10-4-5-11-22(20)29-23-14-15-31(17-21(23)27)16-19-8-2-1-3-9-19/h1-13H,14-18H2. The Balaban J connectivity index is 1.31. The zero-order valence-corrected chi connectivity index (χ0v) is 19.4. The first-order chi connectivity index (χ1) is 16.7. The summed E-state index contributed by atoms with van der Waals surface area (Å²) in [4.78, 5) is 25.4. The van der Waals surface area contributed by atoms with E-state index >= 15 is 0 Å². The zero-order valence-electron chi connectivity index (χ0n) is 18.6. The molecule has 34 heavy (non-hydrogen) atoms. The normalized spacial score (nSPS) is 13.8. The highest BCUT2D eigenvalue weighted by atomic mass is 32.1. The van der Waals surface area contributed by atoms with Gasteiger partial charge in [-0.15, -0.1) is 11.3 Å². The monoisotopic (exact) mass is 465 g/mol. The molecule has 0 N–H and O–H groups in total. The maximum atomic E-state index is 13.5. The van der Waals surface area contributed by atoms with Crippen LogP contribution in [0.3, 0.4) is 0 Å². The molecule has 6 rings (SSSR count). The van der Waals surface area contributed by atoms with Gasteiger partial charge < -0.3 is 4.74 Å². The van der Waals surface area contributed by atoms with Gasteiger partial charge in [0, 0.05) is 42.7 Å². The number of benzene rings is 3. The van der Waals surface area contributed by atoms with Gasteiger partial charge in [0.1, 0.15) is 11.6 Å². The molecule has 3 heterocycles. The summed E-state index contributed by atoms with van der Waals surface area (Å²) in [7, 11) is 0. The van der Waals surface area contributed by atoms with Crippen molar-refractivity contribution >= 4 is 38.4 Å². The van der Waals surface area contributed by atoms with Gasteiger partial charge >= 0.3 is 5.97 Å². The van der Waals surface area contributed by atoms with Crippen LogP contribution in [0.5, 0.6) is 0 Å². The third kappa shape index (κ3) is 4.06. The molecular weight excluding hydrogens is 442 g/mol. The average Bonchev–Trinajstić information content (AvgIpc) is 3.30. The van der Waals surface area contributed by atoms with E-state index in [1.165, 1.54) is 5.56 Å². The van der Waals surface area contributed by atoms with Crippen molar-refractivity contribution in [3.05, 3.63) is 106 Å². The van der Waals surface area contributed by atoms with Gasteiger partial charge in [-0.3, -0.25) is 9.88 Å². The van der Waals surface area contributed by atoms with Crippen molar-refractivity contribution in [1.82, 2.24) is 14.9 Å². The Labute approximate surface area is 201 Å². The van der Waals surface area contributed by atoms with Gasteiger partial charge in [0.25, 0.3) is 0 Å². The second-order valence-electron chi connectivity index (χ2n) is 8.53. The van der Waals surface area contributed by atoms with Crippen molar-refractivity contribution in [2.45, 2.75) is 26.1 Å². The quantitative estimate of drug-likeness (QED) is 0.309. The number of thiazole rings is 1. The summed E-state index contributed by atoms with van der Waals surface area (Å²) in [5.74, 6) is -0.310. The second-order valence-corrected chi connectivity index (χ2v) is 9.64. The van der Waals surface area contributed by atoms with Gasteiger partial charge in [0.2, 0.25) is 0 Å². The Morgan fingerprint density at radius 2 is 1.68 bits per heavy atom. The second kappa shape index (κ2) is 8.97. The van der Waals surface area contributed by atoms with E-state index < -0.39 is 0 Å². The lowest BCUT2D eigenvalue weighted by Crippen LogP contribution is -2.32. The third-order valence-corrected chi connectivity index (χ3v) is 7.25. The first-order valence-electron chi connectivity index (χ1n) is 11.4. The highest BCUT2D eigenvalue weighted by molar-refractivity contribution is 7.18. The molecule has 6 heteroatoms. The van der Waals surface area contributed by atoms with Gasteiger partial charge in [-0.25, -0.2) is 9.78 Å².